The van der Waals surface area contributed by atoms with Gasteiger partial charge in [-0.1, -0.05) is 0 Å². The Hall–Kier alpha value is -3.01. The molecule has 0 aliphatic carbocycles. The number of nitrogens with one attached hydrogen (secondary N) is 3. The first-order valence-electron chi connectivity index (χ1n) is 7.25. The maximum absolute atomic E-state index is 13.6. The van der Waals surface area contributed by atoms with E-state index >= 15 is 0 Å². The lowest BCUT2D eigenvalue weighted by Gasteiger charge is -2.24. The Morgan fingerprint density at radius 3 is 2.64 bits per heavy atom. The second kappa shape index (κ2) is 5.24. The van der Waals surface area contributed by atoms with Crippen molar-refractivity contribution in [2.45, 2.75) is 6.18 Å². The van der Waals surface area contributed by atoms with Gasteiger partial charge in [-0.25, -0.2) is 15.2 Å². The van der Waals surface area contributed by atoms with E-state index in [-0.39, 0.29) is 22.2 Å². The Balaban J connectivity index is 1.95. The van der Waals surface area contributed by atoms with Crippen molar-refractivity contribution in [1.29, 1.82) is 0 Å². The van der Waals surface area contributed by atoms with E-state index < -0.39 is 17.4 Å². The van der Waals surface area contributed by atoms with Crippen LogP contribution in [0.4, 0.5) is 13.2 Å². The summed E-state index contributed by atoms with van der Waals surface area (Å²) >= 11 is 0. The van der Waals surface area contributed by atoms with E-state index in [9.17, 15) is 18.0 Å². The molecule has 0 radical (unpaired) electrons. The van der Waals surface area contributed by atoms with E-state index in [0.717, 1.165) is 6.07 Å². The van der Waals surface area contributed by atoms with Gasteiger partial charge >= 0.3 is 11.9 Å². The van der Waals surface area contributed by atoms with Crippen LogP contribution in [-0.2, 0) is 10.9 Å². The van der Waals surface area contributed by atoms with Crippen LogP contribution in [0.2, 0.25) is 0 Å². The molecular weight excluding hydrogens is 339 g/mol. The predicted molar refractivity (Wildman–Crippen MR) is 84.3 cm³/mol. The summed E-state index contributed by atoms with van der Waals surface area (Å²) in [4.78, 5) is 20.4. The van der Waals surface area contributed by atoms with E-state index in [1.165, 1.54) is 30.5 Å². The minimum absolute atomic E-state index is 0.0717. The maximum Gasteiger partial charge on any atom is 0.417 e. The number of aromatic nitrogens is 2. The lowest BCUT2D eigenvalue weighted by molar-refractivity contribution is -0.137. The highest BCUT2D eigenvalue weighted by Gasteiger charge is 2.36. The number of allylic oxidation sites excluding steroid dienone is 2. The highest BCUT2D eigenvalue weighted by atomic mass is 19.4. The maximum atomic E-state index is 13.6. The molecule has 2 aromatic rings. The zero-order valence-electron chi connectivity index (χ0n) is 12.9. The van der Waals surface area contributed by atoms with Crippen LogP contribution in [0, 0.1) is 0 Å². The zero-order chi connectivity index (χ0) is 17.8. The number of H-pyrrole nitrogens is 2. The van der Waals surface area contributed by atoms with Gasteiger partial charge in [0.05, 0.1) is 23.7 Å². The highest BCUT2D eigenvalue weighted by Crippen LogP contribution is 2.38. The van der Waals surface area contributed by atoms with Crippen molar-refractivity contribution < 1.29 is 17.9 Å². The molecule has 3 heterocycles. The number of amidine groups is 1. The molecule has 0 bridgehead atoms. The second-order valence-corrected chi connectivity index (χ2v) is 5.49. The van der Waals surface area contributed by atoms with Gasteiger partial charge in [-0.2, -0.15) is 13.2 Å². The van der Waals surface area contributed by atoms with Crippen molar-refractivity contribution in [3.05, 3.63) is 51.8 Å². The number of hydrazine groups is 1. The number of aliphatic imine (C=N–C) groups is 1. The molecule has 3 N–H and O–H groups in total. The van der Waals surface area contributed by atoms with Gasteiger partial charge in [0.15, 0.2) is 11.6 Å². The van der Waals surface area contributed by atoms with Crippen LogP contribution in [0.1, 0.15) is 11.1 Å². The molecule has 2 aliphatic heterocycles. The van der Waals surface area contributed by atoms with E-state index in [1.807, 2.05) is 0 Å². The first-order valence-corrected chi connectivity index (χ1v) is 7.25. The fraction of sp³-hybridized carbons (Fsp3) is 0.200. The number of hydrogen-bond donors (Lipinski definition) is 3. The average Bonchev–Trinajstić information content (AvgIpc) is 3.16. The van der Waals surface area contributed by atoms with Crippen molar-refractivity contribution in [2.75, 3.05) is 13.8 Å². The number of halogens is 3. The molecule has 10 heteroatoms. The Morgan fingerprint density at radius 1 is 1.24 bits per heavy atom. The lowest BCUT2D eigenvalue weighted by Crippen LogP contribution is -2.35. The number of aromatic amines is 2. The van der Waals surface area contributed by atoms with Crippen molar-refractivity contribution >= 4 is 22.4 Å². The molecule has 0 spiro atoms. The van der Waals surface area contributed by atoms with Crippen molar-refractivity contribution in [1.82, 2.24) is 20.4 Å². The smallest absolute Gasteiger partial charge is 0.417 e. The number of methoxy groups -OCH3 is 1. The number of ether oxygens (including phenoxy) is 1. The summed E-state index contributed by atoms with van der Waals surface area (Å²) in [5, 5.41) is 1.51. The number of fused-ring (bicyclic) bond motifs is 2. The summed E-state index contributed by atoms with van der Waals surface area (Å²) in [6, 6.07) is 2.22. The van der Waals surface area contributed by atoms with Crippen molar-refractivity contribution in [3.8, 4) is 0 Å². The van der Waals surface area contributed by atoms with E-state index in [2.05, 4.69) is 20.4 Å². The first-order chi connectivity index (χ1) is 11.9. The molecule has 7 nitrogen and oxygen atoms in total. The standard InChI is InChI=1S/C15H12F3N5O2/c1-25-12-2-7(5-23-13(12)19-6-20-23)8-3-10-11(22-14(24)21-10)4-9(8)15(16,17)18/h2-5,20H,6H2,1H3,(H2,21,22,24). The number of nitrogens with zero attached hydrogens (tertiary/aromatic N) is 2. The van der Waals surface area contributed by atoms with Gasteiger partial charge in [0.25, 0.3) is 0 Å². The second-order valence-electron chi connectivity index (χ2n) is 5.49. The third-order valence-corrected chi connectivity index (χ3v) is 3.96. The average molecular weight is 351 g/mol. The van der Waals surface area contributed by atoms with Gasteiger partial charge in [0.2, 0.25) is 0 Å². The fourth-order valence-corrected chi connectivity index (χ4v) is 2.88. The number of alkyl halides is 3. The van der Waals surface area contributed by atoms with Gasteiger partial charge in [0, 0.05) is 11.8 Å². The summed E-state index contributed by atoms with van der Waals surface area (Å²) in [7, 11) is 1.42. The SMILES string of the molecule is COC1=CC(c2cc3[nH]c(=O)[nH]c3cc2C(F)(F)F)=CN2NCN=C12. The van der Waals surface area contributed by atoms with E-state index in [4.69, 9.17) is 4.74 Å². The third-order valence-electron chi connectivity index (χ3n) is 3.96. The molecule has 2 aliphatic rings. The third kappa shape index (κ3) is 2.50. The minimum atomic E-state index is -4.59. The summed E-state index contributed by atoms with van der Waals surface area (Å²) in [6.07, 6.45) is -1.59. The summed E-state index contributed by atoms with van der Waals surface area (Å²) < 4.78 is 45.9. The molecule has 1 aromatic carbocycles. The molecular formula is C15H12F3N5O2. The van der Waals surface area contributed by atoms with Gasteiger partial charge in [-0.15, -0.1) is 0 Å². The summed E-state index contributed by atoms with van der Waals surface area (Å²) in [6.45, 7) is 0.302. The lowest BCUT2D eigenvalue weighted by atomic mass is 9.97. The van der Waals surface area contributed by atoms with Gasteiger partial charge in [-0.3, -0.25) is 5.01 Å². The molecule has 1 aromatic heterocycles. The van der Waals surface area contributed by atoms with Gasteiger partial charge < -0.3 is 14.7 Å². The first kappa shape index (κ1) is 15.5. The molecule has 0 fully saturated rings. The van der Waals surface area contributed by atoms with E-state index in [1.54, 1.807) is 0 Å². The topological polar surface area (TPSA) is 85.5 Å². The van der Waals surface area contributed by atoms with Crippen LogP contribution in [0.5, 0.6) is 0 Å². The molecule has 0 unspecified atom stereocenters. The number of hydrogen-bond acceptors (Lipinski definition) is 5. The van der Waals surface area contributed by atoms with Crippen LogP contribution < -0.4 is 11.1 Å². The Labute approximate surface area is 138 Å². The van der Waals surface area contributed by atoms with Gasteiger partial charge in [0.1, 0.15) is 6.67 Å². The van der Waals surface area contributed by atoms with Crippen LogP contribution in [0.15, 0.2) is 40.0 Å². The number of imidazole rings is 1. The summed E-state index contributed by atoms with van der Waals surface area (Å²) in [5.74, 6) is 0.842. The number of benzene rings is 1. The molecule has 0 amide bonds. The normalized spacial score (nSPS) is 17.3. The molecule has 0 saturated heterocycles. The number of rotatable bonds is 2. The molecule has 4 rings (SSSR count). The molecule has 130 valence electrons. The molecule has 0 atom stereocenters. The molecule has 0 saturated carbocycles. The Kier molecular flexibility index (Phi) is 3.25. The van der Waals surface area contributed by atoms with Gasteiger partial charge in [-0.05, 0) is 23.8 Å². The largest absolute Gasteiger partial charge is 0.493 e. The summed E-state index contributed by atoms with van der Waals surface area (Å²) in [5.41, 5.74) is 2.07. The van der Waals surface area contributed by atoms with Crippen LogP contribution in [0.25, 0.3) is 16.6 Å². The van der Waals surface area contributed by atoms with E-state index in [0.29, 0.717) is 18.3 Å². The Bertz CT molecular complexity index is 1010. The van der Waals surface area contributed by atoms with Crippen LogP contribution in [-0.4, -0.2) is 34.6 Å². The minimum Gasteiger partial charge on any atom is -0.493 e. The van der Waals surface area contributed by atoms with Crippen molar-refractivity contribution in [3.63, 3.8) is 0 Å². The zero-order valence-corrected chi connectivity index (χ0v) is 12.9. The Morgan fingerprint density at radius 2 is 1.96 bits per heavy atom. The predicted octanol–water partition coefficient (Wildman–Crippen LogP) is 1.94. The van der Waals surface area contributed by atoms with Crippen LogP contribution >= 0.6 is 0 Å². The quantitative estimate of drug-likeness (QED) is 0.772. The van der Waals surface area contributed by atoms with Crippen molar-refractivity contribution in [2.24, 2.45) is 4.99 Å². The fourth-order valence-electron chi connectivity index (χ4n) is 2.88. The highest BCUT2D eigenvalue weighted by molar-refractivity contribution is 6.03. The monoisotopic (exact) mass is 351 g/mol. The molecule has 25 heavy (non-hydrogen) atoms. The van der Waals surface area contributed by atoms with Crippen LogP contribution in [0.3, 0.4) is 0 Å².